The normalized spacial score (nSPS) is 17.2. The Labute approximate surface area is 196 Å². The second-order valence-corrected chi connectivity index (χ2v) is 9.89. The number of ketones is 1. The molecule has 0 saturated carbocycles. The van der Waals surface area contributed by atoms with Crippen LogP contribution in [0.25, 0.3) is 0 Å². The molecule has 11 nitrogen and oxygen atoms in total. The molecule has 2 N–H and O–H groups in total. The Hall–Kier alpha value is -3.22. The largest absolute Gasteiger partial charge is 0.491 e. The molecule has 1 spiro atoms. The van der Waals surface area contributed by atoms with Crippen LogP contribution in [-0.4, -0.2) is 58.1 Å². The zero-order chi connectivity index (χ0) is 24.5. The fraction of sp³-hybridized carbons (Fsp3) is 0.409. The summed E-state index contributed by atoms with van der Waals surface area (Å²) in [5.41, 5.74) is -0.270. The number of Topliss-reactive ketones (excluding diaryl/α,β-unsaturated/α-hetero) is 1. The molecule has 2 aliphatic rings. The van der Waals surface area contributed by atoms with E-state index in [4.69, 9.17) is 19.3 Å². The van der Waals surface area contributed by atoms with E-state index >= 15 is 0 Å². The van der Waals surface area contributed by atoms with Crippen molar-refractivity contribution in [1.29, 1.82) is 0 Å². The number of benzene rings is 2. The molecule has 4 rings (SSSR count). The first-order chi connectivity index (χ1) is 16.1. The molecule has 0 unspecified atom stereocenters. The number of carbonyl (C=O) groups excluding carboxylic acids is 1. The highest BCUT2D eigenvalue weighted by Gasteiger charge is 2.43. The number of primary sulfonamides is 1. The minimum atomic E-state index is -4.07. The van der Waals surface area contributed by atoms with Crippen LogP contribution in [0, 0.1) is 10.1 Å². The van der Waals surface area contributed by atoms with Crippen molar-refractivity contribution in [3.05, 3.63) is 52.1 Å². The minimum Gasteiger partial charge on any atom is -0.491 e. The molecular weight excluding hydrogens is 466 g/mol. The van der Waals surface area contributed by atoms with Gasteiger partial charge in [0.05, 0.1) is 28.4 Å². The number of anilines is 1. The van der Waals surface area contributed by atoms with E-state index in [0.29, 0.717) is 61.9 Å². The molecule has 182 valence electrons. The lowest BCUT2D eigenvalue weighted by Gasteiger charge is -2.44. The maximum Gasteiger partial charge on any atom is 0.293 e. The lowest BCUT2D eigenvalue weighted by Crippen LogP contribution is -2.51. The van der Waals surface area contributed by atoms with E-state index in [1.807, 2.05) is 0 Å². The zero-order valence-electron chi connectivity index (χ0n) is 18.6. The molecule has 0 aliphatic carbocycles. The third-order valence-electron chi connectivity index (χ3n) is 6.10. The quantitative estimate of drug-likeness (QED) is 0.349. The van der Waals surface area contributed by atoms with Crippen molar-refractivity contribution < 1.29 is 32.3 Å². The zero-order valence-corrected chi connectivity index (χ0v) is 19.4. The van der Waals surface area contributed by atoms with Gasteiger partial charge >= 0.3 is 0 Å². The molecule has 0 aromatic heterocycles. The van der Waals surface area contributed by atoms with Crippen LogP contribution < -0.4 is 19.5 Å². The van der Waals surface area contributed by atoms with Gasteiger partial charge in [0.1, 0.15) is 29.4 Å². The lowest BCUT2D eigenvalue weighted by atomic mass is 9.82. The Morgan fingerprint density at radius 1 is 1.18 bits per heavy atom. The molecule has 1 saturated heterocycles. The van der Waals surface area contributed by atoms with Crippen molar-refractivity contribution >= 4 is 27.2 Å². The van der Waals surface area contributed by atoms with Crippen LogP contribution in [0.2, 0.25) is 0 Å². The van der Waals surface area contributed by atoms with Gasteiger partial charge < -0.3 is 19.1 Å². The van der Waals surface area contributed by atoms with Gasteiger partial charge in [-0.05, 0) is 30.3 Å². The molecule has 2 aromatic rings. The van der Waals surface area contributed by atoms with Crippen LogP contribution in [0.3, 0.4) is 0 Å². The summed E-state index contributed by atoms with van der Waals surface area (Å²) < 4.78 is 40.0. The summed E-state index contributed by atoms with van der Waals surface area (Å²) >= 11 is 0. The SMILES string of the molecule is COCCOc1ccc2c(c1)C(=O)CC1(CCN(c3ccc(S(N)(=O)=O)cc3[N+](=O)[O-])CC1)O2. The van der Waals surface area contributed by atoms with Crippen molar-refractivity contribution in [3.8, 4) is 11.5 Å². The van der Waals surface area contributed by atoms with E-state index in [9.17, 15) is 23.3 Å². The number of methoxy groups -OCH3 is 1. The molecule has 2 aromatic carbocycles. The van der Waals surface area contributed by atoms with E-state index in [0.717, 1.165) is 6.07 Å². The average molecular weight is 492 g/mol. The molecule has 2 aliphatic heterocycles. The van der Waals surface area contributed by atoms with Crippen LogP contribution in [0.5, 0.6) is 11.5 Å². The van der Waals surface area contributed by atoms with Crippen LogP contribution >= 0.6 is 0 Å². The summed E-state index contributed by atoms with van der Waals surface area (Å²) in [6.45, 7) is 1.60. The molecule has 34 heavy (non-hydrogen) atoms. The Morgan fingerprint density at radius 3 is 2.56 bits per heavy atom. The van der Waals surface area contributed by atoms with Gasteiger partial charge in [-0.25, -0.2) is 13.6 Å². The van der Waals surface area contributed by atoms with Crippen LogP contribution in [0.1, 0.15) is 29.6 Å². The highest BCUT2D eigenvalue weighted by atomic mass is 32.2. The first kappa shape index (κ1) is 23.9. The number of rotatable bonds is 7. The van der Waals surface area contributed by atoms with Crippen LogP contribution in [0.4, 0.5) is 11.4 Å². The van der Waals surface area contributed by atoms with Gasteiger partial charge in [-0.1, -0.05) is 0 Å². The topological polar surface area (TPSA) is 151 Å². The number of nitrogens with zero attached hydrogens (tertiary/aromatic N) is 2. The van der Waals surface area contributed by atoms with E-state index in [1.165, 1.54) is 12.1 Å². The van der Waals surface area contributed by atoms with Gasteiger partial charge in [0.15, 0.2) is 5.78 Å². The fourth-order valence-electron chi connectivity index (χ4n) is 4.33. The maximum atomic E-state index is 12.9. The molecule has 1 fully saturated rings. The predicted octanol–water partition coefficient (Wildman–Crippen LogP) is 2.27. The number of carbonyl (C=O) groups is 1. The van der Waals surface area contributed by atoms with Crippen molar-refractivity contribution in [1.82, 2.24) is 0 Å². The average Bonchev–Trinajstić information content (AvgIpc) is 2.79. The van der Waals surface area contributed by atoms with Gasteiger partial charge in [-0.3, -0.25) is 14.9 Å². The third-order valence-corrected chi connectivity index (χ3v) is 7.02. The molecule has 0 atom stereocenters. The number of sulfonamides is 1. The van der Waals surface area contributed by atoms with Crippen LogP contribution in [-0.2, 0) is 14.8 Å². The molecule has 2 heterocycles. The van der Waals surface area contributed by atoms with Gasteiger partial charge in [0.2, 0.25) is 10.0 Å². The predicted molar refractivity (Wildman–Crippen MR) is 122 cm³/mol. The number of fused-ring (bicyclic) bond motifs is 1. The summed E-state index contributed by atoms with van der Waals surface area (Å²) in [6, 6.07) is 8.75. The monoisotopic (exact) mass is 491 g/mol. The highest BCUT2D eigenvalue weighted by Crippen LogP contribution is 2.42. The van der Waals surface area contributed by atoms with Gasteiger partial charge in [-0.15, -0.1) is 0 Å². The Balaban J connectivity index is 1.50. The van der Waals surface area contributed by atoms with Crippen molar-refractivity contribution in [2.45, 2.75) is 29.8 Å². The molecule has 0 radical (unpaired) electrons. The maximum absolute atomic E-state index is 12.9. The number of piperidine rings is 1. The van der Waals surface area contributed by atoms with Gasteiger partial charge in [0, 0.05) is 39.1 Å². The second-order valence-electron chi connectivity index (χ2n) is 8.32. The Morgan fingerprint density at radius 2 is 1.91 bits per heavy atom. The van der Waals surface area contributed by atoms with E-state index in [1.54, 1.807) is 30.2 Å². The summed E-state index contributed by atoms with van der Waals surface area (Å²) in [5, 5.41) is 16.7. The van der Waals surface area contributed by atoms with E-state index in [2.05, 4.69) is 0 Å². The summed E-state index contributed by atoms with van der Waals surface area (Å²) in [7, 11) is -2.49. The Bertz CT molecular complexity index is 1220. The second kappa shape index (κ2) is 9.20. The fourth-order valence-corrected chi connectivity index (χ4v) is 4.87. The standard InChI is InChI=1S/C22H25N3O8S/c1-31-10-11-32-15-2-5-21-17(12-15)20(26)14-22(33-21)6-8-24(9-7-22)18-4-3-16(34(23,29)30)13-19(18)25(27)28/h2-5,12-13H,6-11,14H2,1H3,(H2,23,29,30). The minimum absolute atomic E-state index is 0.0459. The number of hydrogen-bond donors (Lipinski definition) is 1. The van der Waals surface area contributed by atoms with Crippen LogP contribution in [0.15, 0.2) is 41.3 Å². The molecule has 0 bridgehead atoms. The summed E-state index contributed by atoms with van der Waals surface area (Å²) in [6.07, 6.45) is 1.14. The van der Waals surface area contributed by atoms with Crippen molar-refractivity contribution in [2.75, 3.05) is 38.3 Å². The van der Waals surface area contributed by atoms with Crippen molar-refractivity contribution in [2.24, 2.45) is 5.14 Å². The number of nitro groups is 1. The smallest absolute Gasteiger partial charge is 0.293 e. The van der Waals surface area contributed by atoms with E-state index < -0.39 is 20.5 Å². The molecule has 12 heteroatoms. The first-order valence-corrected chi connectivity index (χ1v) is 12.2. The number of ether oxygens (including phenoxy) is 3. The van der Waals surface area contributed by atoms with Gasteiger partial charge in [0.25, 0.3) is 5.69 Å². The van der Waals surface area contributed by atoms with E-state index in [-0.39, 0.29) is 22.8 Å². The highest BCUT2D eigenvalue weighted by molar-refractivity contribution is 7.89. The Kier molecular flexibility index (Phi) is 6.47. The summed E-state index contributed by atoms with van der Waals surface area (Å²) in [4.78, 5) is 25.4. The molecular formula is C22H25N3O8S. The molecule has 0 amide bonds. The summed E-state index contributed by atoms with van der Waals surface area (Å²) in [5.74, 6) is 1.01. The lowest BCUT2D eigenvalue weighted by molar-refractivity contribution is -0.384. The van der Waals surface area contributed by atoms with Gasteiger partial charge in [-0.2, -0.15) is 0 Å². The first-order valence-electron chi connectivity index (χ1n) is 10.7. The number of nitrogens with two attached hydrogens (primary N) is 1. The van der Waals surface area contributed by atoms with Crippen molar-refractivity contribution in [3.63, 3.8) is 0 Å². The number of hydrogen-bond acceptors (Lipinski definition) is 9. The third kappa shape index (κ3) is 4.83. The number of nitro benzene ring substituents is 1.